The molecule has 25 heavy (non-hydrogen) atoms. The maximum atomic E-state index is 11.9. The fourth-order valence-corrected chi connectivity index (χ4v) is 2.43. The number of carbonyl (C=O) groups is 1. The van der Waals surface area contributed by atoms with Gasteiger partial charge in [-0.1, -0.05) is 30.3 Å². The van der Waals surface area contributed by atoms with E-state index in [0.717, 1.165) is 17.3 Å². The first-order valence-electron chi connectivity index (χ1n) is 7.62. The van der Waals surface area contributed by atoms with Gasteiger partial charge < -0.3 is 14.9 Å². The van der Waals surface area contributed by atoms with E-state index in [2.05, 4.69) is 4.98 Å². The number of hydrogen-bond acceptors (Lipinski definition) is 4. The van der Waals surface area contributed by atoms with Crippen LogP contribution in [0.2, 0.25) is 0 Å². The number of pyridine rings is 1. The molecule has 0 aliphatic heterocycles. The Morgan fingerprint density at radius 3 is 2.16 bits per heavy atom. The minimum Gasteiger partial charge on any atom is -0.364 e. The van der Waals surface area contributed by atoms with E-state index in [9.17, 15) is 14.4 Å². The van der Waals surface area contributed by atoms with Crippen LogP contribution in [0.3, 0.4) is 0 Å². The molecule has 0 saturated carbocycles. The Balaban J connectivity index is 1.78. The van der Waals surface area contributed by atoms with Crippen LogP contribution in [0, 0.1) is 0 Å². The van der Waals surface area contributed by atoms with E-state index in [1.165, 1.54) is 16.8 Å². The number of nitrogens with zero attached hydrogens (tertiary/aromatic N) is 3. The van der Waals surface area contributed by atoms with E-state index in [-0.39, 0.29) is 16.8 Å². The molecule has 2 aromatic heterocycles. The topological polar surface area (TPSA) is 100.0 Å². The van der Waals surface area contributed by atoms with Crippen molar-refractivity contribution in [3.05, 3.63) is 98.6 Å². The molecule has 2 heterocycles. The fraction of sp³-hybridized carbons (Fsp3) is 0.111. The van der Waals surface area contributed by atoms with Gasteiger partial charge in [0.2, 0.25) is 0 Å². The first kappa shape index (κ1) is 16.4. The van der Waals surface area contributed by atoms with E-state index in [4.69, 9.17) is 5.73 Å². The molecular weight excluding hydrogens is 320 g/mol. The second kappa shape index (κ2) is 6.96. The Morgan fingerprint density at radius 1 is 0.920 bits per heavy atom. The quantitative estimate of drug-likeness (QED) is 0.737. The van der Waals surface area contributed by atoms with E-state index in [0.29, 0.717) is 13.1 Å². The Kier molecular flexibility index (Phi) is 4.56. The molecule has 2 N–H and O–H groups in total. The third kappa shape index (κ3) is 3.89. The van der Waals surface area contributed by atoms with Crippen molar-refractivity contribution in [1.82, 2.24) is 14.1 Å². The normalized spacial score (nSPS) is 10.6. The van der Waals surface area contributed by atoms with Crippen molar-refractivity contribution in [2.45, 2.75) is 13.1 Å². The van der Waals surface area contributed by atoms with Crippen LogP contribution in [0.4, 0.5) is 0 Å². The number of carbonyl (C=O) groups excluding carboxylic acids is 1. The van der Waals surface area contributed by atoms with Gasteiger partial charge in [0, 0.05) is 18.5 Å². The predicted molar refractivity (Wildman–Crippen MR) is 92.4 cm³/mol. The van der Waals surface area contributed by atoms with E-state index in [1.54, 1.807) is 16.8 Å². The summed E-state index contributed by atoms with van der Waals surface area (Å²) in [6.45, 7) is 0.772. The third-order valence-electron chi connectivity index (χ3n) is 3.76. The molecule has 0 aliphatic carbocycles. The zero-order chi connectivity index (χ0) is 17.8. The number of amides is 1. The SMILES string of the molecule is NC(=O)c1cn(Cc2ccc(Cn3ccccc3=O)cc2)c(=O)cn1. The van der Waals surface area contributed by atoms with Crippen molar-refractivity contribution in [3.63, 3.8) is 0 Å². The molecule has 0 spiro atoms. The molecule has 0 atom stereocenters. The summed E-state index contributed by atoms with van der Waals surface area (Å²) in [6, 6.07) is 12.6. The molecule has 126 valence electrons. The summed E-state index contributed by atoms with van der Waals surface area (Å²) in [5, 5.41) is 0. The molecule has 0 fully saturated rings. The van der Waals surface area contributed by atoms with Crippen LogP contribution in [-0.2, 0) is 13.1 Å². The lowest BCUT2D eigenvalue weighted by Crippen LogP contribution is -2.24. The van der Waals surface area contributed by atoms with Gasteiger partial charge in [-0.25, -0.2) is 4.98 Å². The number of benzene rings is 1. The minimum absolute atomic E-state index is 0.0414. The molecule has 0 saturated heterocycles. The van der Waals surface area contributed by atoms with Gasteiger partial charge in [-0.2, -0.15) is 0 Å². The van der Waals surface area contributed by atoms with Gasteiger partial charge in [-0.15, -0.1) is 0 Å². The van der Waals surface area contributed by atoms with Crippen LogP contribution in [0.5, 0.6) is 0 Å². The smallest absolute Gasteiger partial charge is 0.269 e. The highest BCUT2D eigenvalue weighted by Gasteiger charge is 2.06. The van der Waals surface area contributed by atoms with Crippen LogP contribution >= 0.6 is 0 Å². The number of rotatable bonds is 5. The lowest BCUT2D eigenvalue weighted by Gasteiger charge is -2.09. The molecule has 3 aromatic rings. The number of primary amides is 1. The fourth-order valence-electron chi connectivity index (χ4n) is 2.43. The van der Waals surface area contributed by atoms with Gasteiger partial charge >= 0.3 is 0 Å². The number of hydrogen-bond donors (Lipinski definition) is 1. The Hall–Kier alpha value is -3.48. The van der Waals surface area contributed by atoms with Crippen molar-refractivity contribution in [2.75, 3.05) is 0 Å². The second-order valence-electron chi connectivity index (χ2n) is 5.59. The van der Waals surface area contributed by atoms with Crippen molar-refractivity contribution >= 4 is 5.91 Å². The molecule has 0 unspecified atom stereocenters. The van der Waals surface area contributed by atoms with Gasteiger partial charge in [-0.05, 0) is 17.2 Å². The van der Waals surface area contributed by atoms with Crippen LogP contribution in [0.1, 0.15) is 21.6 Å². The minimum atomic E-state index is -0.683. The lowest BCUT2D eigenvalue weighted by atomic mass is 10.1. The molecule has 7 nitrogen and oxygen atoms in total. The summed E-state index contributed by atoms with van der Waals surface area (Å²) in [5.74, 6) is -0.683. The Morgan fingerprint density at radius 2 is 1.56 bits per heavy atom. The average Bonchev–Trinajstić information content (AvgIpc) is 2.60. The van der Waals surface area contributed by atoms with Crippen molar-refractivity contribution in [1.29, 1.82) is 0 Å². The molecule has 7 heteroatoms. The summed E-state index contributed by atoms with van der Waals surface area (Å²) >= 11 is 0. The largest absolute Gasteiger partial charge is 0.364 e. The average molecular weight is 336 g/mol. The van der Waals surface area contributed by atoms with E-state index in [1.807, 2.05) is 30.3 Å². The van der Waals surface area contributed by atoms with Crippen molar-refractivity contribution in [2.24, 2.45) is 5.73 Å². The summed E-state index contributed by atoms with van der Waals surface area (Å²) in [5.41, 5.74) is 6.70. The molecule has 1 aromatic carbocycles. The highest BCUT2D eigenvalue weighted by molar-refractivity contribution is 5.90. The molecule has 3 rings (SSSR count). The monoisotopic (exact) mass is 336 g/mol. The van der Waals surface area contributed by atoms with E-state index < -0.39 is 5.91 Å². The summed E-state index contributed by atoms with van der Waals surface area (Å²) in [6.07, 6.45) is 4.16. The first-order valence-corrected chi connectivity index (χ1v) is 7.62. The van der Waals surface area contributed by atoms with Gasteiger partial charge in [-0.3, -0.25) is 14.4 Å². The van der Waals surface area contributed by atoms with E-state index >= 15 is 0 Å². The summed E-state index contributed by atoms with van der Waals surface area (Å²) < 4.78 is 2.99. The molecule has 0 bridgehead atoms. The number of nitrogens with two attached hydrogens (primary N) is 1. The Labute approximate surface area is 143 Å². The standard InChI is InChI=1S/C18H16N4O3/c19-18(25)15-12-22(17(24)9-20-15)11-14-6-4-13(5-7-14)10-21-8-2-1-3-16(21)23/h1-9,12H,10-11H2,(H2,19,25). The molecular formula is C18H16N4O3. The van der Waals surface area contributed by atoms with Gasteiger partial charge in [0.15, 0.2) is 0 Å². The number of aromatic nitrogens is 3. The van der Waals surface area contributed by atoms with Crippen LogP contribution < -0.4 is 16.9 Å². The molecule has 0 radical (unpaired) electrons. The predicted octanol–water partition coefficient (Wildman–Crippen LogP) is 0.601. The zero-order valence-electron chi connectivity index (χ0n) is 13.3. The van der Waals surface area contributed by atoms with Crippen molar-refractivity contribution in [3.8, 4) is 0 Å². The molecule has 1 amide bonds. The summed E-state index contributed by atoms with van der Waals surface area (Å²) in [7, 11) is 0. The molecule has 0 aliphatic rings. The van der Waals surface area contributed by atoms with Crippen LogP contribution in [0.15, 0.2) is 70.6 Å². The first-order chi connectivity index (χ1) is 12.0. The van der Waals surface area contributed by atoms with Crippen molar-refractivity contribution < 1.29 is 4.79 Å². The Bertz CT molecular complexity index is 1020. The third-order valence-corrected chi connectivity index (χ3v) is 3.76. The van der Waals surface area contributed by atoms with Gasteiger partial charge in [0.1, 0.15) is 5.69 Å². The highest BCUT2D eigenvalue weighted by atomic mass is 16.1. The van der Waals surface area contributed by atoms with Crippen LogP contribution in [-0.4, -0.2) is 20.0 Å². The second-order valence-corrected chi connectivity index (χ2v) is 5.59. The van der Waals surface area contributed by atoms with Crippen LogP contribution in [0.25, 0.3) is 0 Å². The lowest BCUT2D eigenvalue weighted by molar-refractivity contribution is 0.0994. The summed E-state index contributed by atoms with van der Waals surface area (Å²) in [4.78, 5) is 38.5. The van der Waals surface area contributed by atoms with Gasteiger partial charge in [0.25, 0.3) is 17.0 Å². The maximum Gasteiger partial charge on any atom is 0.269 e. The zero-order valence-corrected chi connectivity index (χ0v) is 13.3. The van der Waals surface area contributed by atoms with Gasteiger partial charge in [0.05, 0.1) is 19.3 Å². The maximum absolute atomic E-state index is 11.9. The highest BCUT2D eigenvalue weighted by Crippen LogP contribution is 2.07.